The molecule has 0 aromatic heterocycles. The molecule has 0 saturated carbocycles. The molecular weight excluding hydrogens is 248 g/mol. The number of Topliss-reactive ketones (excluding diaryl/α,β-unsaturated/α-hetero) is 1. The first-order valence-corrected chi connectivity index (χ1v) is 8.04. The largest absolute Gasteiger partial charge is 0.385 e. The van der Waals surface area contributed by atoms with Gasteiger partial charge in [-0.1, -0.05) is 43.5 Å². The second-order valence-electron chi connectivity index (χ2n) is 5.96. The summed E-state index contributed by atoms with van der Waals surface area (Å²) >= 11 is 0. The number of benzene rings is 1. The number of fused-ring (bicyclic) bond motifs is 13. The van der Waals surface area contributed by atoms with Gasteiger partial charge in [0, 0.05) is 6.42 Å². The number of carbonyl (C=O) groups excluding carboxylic acids is 1. The number of aryl methyl sites for hydroxylation is 2. The van der Waals surface area contributed by atoms with Crippen LogP contribution >= 0.6 is 0 Å². The third kappa shape index (κ3) is 5.09. The molecule has 1 aromatic carbocycles. The lowest BCUT2D eigenvalue weighted by Gasteiger charge is -2.10. The SMILES string of the molecule is O=C1CCCCCc2ccc(cc2)CCCCC[C@H]1O. The lowest BCUT2D eigenvalue weighted by atomic mass is 9.98. The van der Waals surface area contributed by atoms with Crippen molar-refractivity contribution >= 4 is 5.78 Å². The topological polar surface area (TPSA) is 37.3 Å². The van der Waals surface area contributed by atoms with Crippen molar-refractivity contribution < 1.29 is 9.90 Å². The van der Waals surface area contributed by atoms with E-state index in [4.69, 9.17) is 0 Å². The van der Waals surface area contributed by atoms with Gasteiger partial charge in [-0.05, 0) is 49.7 Å². The molecule has 20 heavy (non-hydrogen) atoms. The highest BCUT2D eigenvalue weighted by Gasteiger charge is 2.13. The number of carbonyl (C=O) groups is 1. The van der Waals surface area contributed by atoms with Gasteiger partial charge in [0.25, 0.3) is 0 Å². The fraction of sp³-hybridized carbons (Fsp3) is 0.611. The van der Waals surface area contributed by atoms with E-state index in [2.05, 4.69) is 24.3 Å². The normalized spacial score (nSPS) is 22.9. The van der Waals surface area contributed by atoms with E-state index in [-0.39, 0.29) is 5.78 Å². The second-order valence-corrected chi connectivity index (χ2v) is 5.96. The van der Waals surface area contributed by atoms with Crippen LogP contribution in [0.25, 0.3) is 0 Å². The summed E-state index contributed by atoms with van der Waals surface area (Å²) in [4.78, 5) is 11.8. The number of aliphatic hydroxyl groups excluding tert-OH is 1. The Morgan fingerprint density at radius 3 is 1.85 bits per heavy atom. The van der Waals surface area contributed by atoms with Crippen LogP contribution in [0.5, 0.6) is 0 Å². The van der Waals surface area contributed by atoms with E-state index in [0.717, 1.165) is 51.4 Å². The molecule has 2 heteroatoms. The first kappa shape index (κ1) is 15.2. The number of rotatable bonds is 0. The zero-order valence-corrected chi connectivity index (χ0v) is 12.3. The molecule has 110 valence electrons. The molecule has 0 heterocycles. The summed E-state index contributed by atoms with van der Waals surface area (Å²) in [7, 11) is 0. The smallest absolute Gasteiger partial charge is 0.161 e. The Bertz CT molecular complexity index is 408. The number of hydrogen-bond acceptors (Lipinski definition) is 2. The Morgan fingerprint density at radius 2 is 1.25 bits per heavy atom. The molecule has 3 rings (SSSR count). The van der Waals surface area contributed by atoms with Gasteiger partial charge in [0.1, 0.15) is 6.10 Å². The van der Waals surface area contributed by atoms with Crippen LogP contribution in [0.15, 0.2) is 24.3 Å². The first-order valence-electron chi connectivity index (χ1n) is 8.04. The van der Waals surface area contributed by atoms with E-state index >= 15 is 0 Å². The van der Waals surface area contributed by atoms with Gasteiger partial charge in [-0.25, -0.2) is 0 Å². The van der Waals surface area contributed by atoms with Crippen LogP contribution in [0, 0.1) is 0 Å². The quantitative estimate of drug-likeness (QED) is 0.780. The molecule has 0 unspecified atom stereocenters. The van der Waals surface area contributed by atoms with Crippen LogP contribution in [-0.4, -0.2) is 17.0 Å². The maximum Gasteiger partial charge on any atom is 0.161 e. The minimum atomic E-state index is -0.721. The van der Waals surface area contributed by atoms with E-state index < -0.39 is 6.10 Å². The standard InChI is InChI=1S/C18H26O2/c19-17-9-5-1-3-7-15-11-13-16(14-12-15)8-4-2-6-10-18(17)20/h11-14,17,19H,1-10H2/t17-/m1/s1. The average molecular weight is 274 g/mol. The Balaban J connectivity index is 1.91. The van der Waals surface area contributed by atoms with E-state index in [1.54, 1.807) is 0 Å². The zero-order chi connectivity index (χ0) is 14.2. The summed E-state index contributed by atoms with van der Waals surface area (Å²) in [6, 6.07) is 8.99. The number of hydrogen-bond donors (Lipinski definition) is 1. The molecular formula is C18H26O2. The van der Waals surface area contributed by atoms with Crippen molar-refractivity contribution in [2.24, 2.45) is 0 Å². The fourth-order valence-corrected chi connectivity index (χ4v) is 2.85. The average Bonchev–Trinajstić information content (AvgIpc) is 2.46. The molecule has 1 atom stereocenters. The minimum absolute atomic E-state index is 0.0421. The van der Waals surface area contributed by atoms with Crippen molar-refractivity contribution in [1.82, 2.24) is 0 Å². The van der Waals surface area contributed by atoms with Crippen molar-refractivity contribution in [3.05, 3.63) is 35.4 Å². The van der Waals surface area contributed by atoms with Gasteiger partial charge < -0.3 is 5.11 Å². The maximum atomic E-state index is 11.8. The van der Waals surface area contributed by atoms with Gasteiger partial charge in [0.05, 0.1) is 0 Å². The summed E-state index contributed by atoms with van der Waals surface area (Å²) in [5, 5.41) is 9.81. The molecule has 0 aliphatic heterocycles. The molecule has 1 N–H and O–H groups in total. The van der Waals surface area contributed by atoms with E-state index in [0.29, 0.717) is 12.8 Å². The fourth-order valence-electron chi connectivity index (χ4n) is 2.85. The Hall–Kier alpha value is -1.15. The molecule has 2 aliphatic carbocycles. The highest BCUT2D eigenvalue weighted by atomic mass is 16.3. The van der Waals surface area contributed by atoms with Gasteiger partial charge in [-0.15, -0.1) is 0 Å². The lowest BCUT2D eigenvalue weighted by Crippen LogP contribution is -2.19. The molecule has 2 bridgehead atoms. The van der Waals surface area contributed by atoms with Gasteiger partial charge in [-0.3, -0.25) is 4.79 Å². The molecule has 0 radical (unpaired) electrons. The van der Waals surface area contributed by atoms with Crippen LogP contribution in [0.1, 0.15) is 62.5 Å². The third-order valence-electron chi connectivity index (χ3n) is 4.23. The predicted molar refractivity (Wildman–Crippen MR) is 81.8 cm³/mol. The van der Waals surface area contributed by atoms with Crippen LogP contribution in [-0.2, 0) is 17.6 Å². The van der Waals surface area contributed by atoms with Gasteiger partial charge in [-0.2, -0.15) is 0 Å². The Labute approximate surface area is 122 Å². The van der Waals surface area contributed by atoms with Crippen LogP contribution in [0.4, 0.5) is 0 Å². The van der Waals surface area contributed by atoms with Crippen molar-refractivity contribution in [1.29, 1.82) is 0 Å². The molecule has 0 amide bonds. The van der Waals surface area contributed by atoms with Crippen LogP contribution < -0.4 is 0 Å². The van der Waals surface area contributed by atoms with E-state index in [9.17, 15) is 9.90 Å². The first-order chi connectivity index (χ1) is 9.75. The second kappa shape index (κ2) is 8.21. The Kier molecular flexibility index (Phi) is 6.25. The van der Waals surface area contributed by atoms with Crippen molar-refractivity contribution in [2.75, 3.05) is 0 Å². The summed E-state index contributed by atoms with van der Waals surface area (Å²) < 4.78 is 0. The minimum Gasteiger partial charge on any atom is -0.385 e. The lowest BCUT2D eigenvalue weighted by molar-refractivity contribution is -0.127. The van der Waals surface area contributed by atoms with E-state index in [1.165, 1.54) is 11.1 Å². The summed E-state index contributed by atoms with van der Waals surface area (Å²) in [6.45, 7) is 0. The highest BCUT2D eigenvalue weighted by molar-refractivity contribution is 5.82. The summed E-state index contributed by atoms with van der Waals surface area (Å²) in [5.41, 5.74) is 2.80. The molecule has 2 nitrogen and oxygen atoms in total. The van der Waals surface area contributed by atoms with Crippen LogP contribution in [0.2, 0.25) is 0 Å². The zero-order valence-electron chi connectivity index (χ0n) is 12.3. The van der Waals surface area contributed by atoms with Gasteiger partial charge in [0.15, 0.2) is 5.78 Å². The van der Waals surface area contributed by atoms with Crippen molar-refractivity contribution in [3.8, 4) is 0 Å². The van der Waals surface area contributed by atoms with Crippen molar-refractivity contribution in [3.63, 3.8) is 0 Å². The molecule has 0 saturated heterocycles. The molecule has 2 aliphatic rings. The number of ketones is 1. The molecule has 0 fully saturated rings. The van der Waals surface area contributed by atoms with Gasteiger partial charge in [0.2, 0.25) is 0 Å². The number of aliphatic hydroxyl groups is 1. The Morgan fingerprint density at radius 1 is 0.750 bits per heavy atom. The predicted octanol–water partition coefficient (Wildman–Crippen LogP) is 3.84. The van der Waals surface area contributed by atoms with E-state index in [1.807, 2.05) is 0 Å². The summed E-state index contributed by atoms with van der Waals surface area (Å²) in [5.74, 6) is 0.0421. The monoisotopic (exact) mass is 274 g/mol. The summed E-state index contributed by atoms with van der Waals surface area (Å²) in [6.07, 6.45) is 8.94. The maximum absolute atomic E-state index is 11.8. The third-order valence-corrected chi connectivity index (χ3v) is 4.23. The molecule has 1 aromatic rings. The van der Waals surface area contributed by atoms with Gasteiger partial charge >= 0.3 is 0 Å². The van der Waals surface area contributed by atoms with Crippen LogP contribution in [0.3, 0.4) is 0 Å². The highest BCUT2D eigenvalue weighted by Crippen LogP contribution is 2.15. The molecule has 0 spiro atoms. The van der Waals surface area contributed by atoms with Crippen molar-refractivity contribution in [2.45, 2.75) is 70.3 Å².